The van der Waals surface area contributed by atoms with Crippen LogP contribution in [-0.4, -0.2) is 23.2 Å². The lowest BCUT2D eigenvalue weighted by atomic mass is 10.00. The number of esters is 2. The maximum Gasteiger partial charge on any atom is 0.304 e. The molecule has 0 amide bonds. The predicted octanol–water partition coefficient (Wildman–Crippen LogP) is 0.678. The molecule has 2 heterocycles. The minimum Gasteiger partial charge on any atom is -0.452 e. The second-order valence-corrected chi connectivity index (χ2v) is 4.02. The maximum absolute atomic E-state index is 11.1. The highest BCUT2D eigenvalue weighted by Crippen LogP contribution is 2.29. The Hall–Kier alpha value is -1.95. The van der Waals surface area contributed by atoms with E-state index >= 15 is 0 Å². The number of carbonyl (C=O) groups excluding carboxylic acids is 2. The zero-order valence-corrected chi connectivity index (χ0v) is 10.2. The quantitative estimate of drug-likeness (QED) is 0.778. The Bertz CT molecular complexity index is 475. The van der Waals surface area contributed by atoms with Crippen LogP contribution in [0, 0.1) is 0 Å². The van der Waals surface area contributed by atoms with Gasteiger partial charge in [-0.3, -0.25) is 19.9 Å². The van der Waals surface area contributed by atoms with E-state index in [1.54, 1.807) is 12.4 Å². The molecule has 1 aromatic heterocycles. The van der Waals surface area contributed by atoms with Gasteiger partial charge < -0.3 is 9.47 Å². The zero-order valence-electron chi connectivity index (χ0n) is 10.2. The molecule has 1 N–H and O–H groups in total. The summed E-state index contributed by atoms with van der Waals surface area (Å²) in [4.78, 5) is 26.2. The van der Waals surface area contributed by atoms with Crippen LogP contribution in [0.1, 0.15) is 31.1 Å². The van der Waals surface area contributed by atoms with Gasteiger partial charge in [-0.2, -0.15) is 0 Å². The van der Waals surface area contributed by atoms with Crippen molar-refractivity contribution in [1.82, 2.24) is 10.3 Å². The summed E-state index contributed by atoms with van der Waals surface area (Å²) < 4.78 is 10.3. The molecule has 0 saturated heterocycles. The van der Waals surface area contributed by atoms with Crippen molar-refractivity contribution in [2.75, 3.05) is 0 Å². The van der Waals surface area contributed by atoms with E-state index in [0.29, 0.717) is 6.54 Å². The SMILES string of the molecule is CC(=O)OC1NCc2ccncc2C1OC(C)=O. The lowest BCUT2D eigenvalue weighted by Crippen LogP contribution is -2.43. The van der Waals surface area contributed by atoms with Gasteiger partial charge in [-0.05, 0) is 11.6 Å². The van der Waals surface area contributed by atoms with Gasteiger partial charge in [-0.25, -0.2) is 0 Å². The molecule has 0 fully saturated rings. The summed E-state index contributed by atoms with van der Waals surface area (Å²) in [5.41, 5.74) is 1.73. The van der Waals surface area contributed by atoms with Gasteiger partial charge >= 0.3 is 11.9 Å². The van der Waals surface area contributed by atoms with Gasteiger partial charge in [0.25, 0.3) is 0 Å². The first-order valence-corrected chi connectivity index (χ1v) is 5.58. The first kappa shape index (κ1) is 12.5. The number of fused-ring (bicyclic) bond motifs is 1. The van der Waals surface area contributed by atoms with E-state index in [-0.39, 0.29) is 0 Å². The molecule has 0 aromatic carbocycles. The minimum absolute atomic E-state index is 0.433. The summed E-state index contributed by atoms with van der Waals surface area (Å²) in [6.45, 7) is 3.16. The molecule has 6 nitrogen and oxygen atoms in total. The smallest absolute Gasteiger partial charge is 0.304 e. The Balaban J connectivity index is 2.30. The van der Waals surface area contributed by atoms with E-state index in [1.165, 1.54) is 13.8 Å². The van der Waals surface area contributed by atoms with Crippen LogP contribution >= 0.6 is 0 Å². The van der Waals surface area contributed by atoms with Crippen LogP contribution in [0.15, 0.2) is 18.5 Å². The second kappa shape index (κ2) is 5.14. The number of pyridine rings is 1. The number of aromatic nitrogens is 1. The summed E-state index contributed by atoms with van der Waals surface area (Å²) in [6.07, 6.45) is 1.95. The van der Waals surface area contributed by atoms with Crippen LogP contribution in [0.3, 0.4) is 0 Å². The van der Waals surface area contributed by atoms with Crippen molar-refractivity contribution in [3.63, 3.8) is 0 Å². The van der Waals surface area contributed by atoms with Crippen LogP contribution < -0.4 is 5.32 Å². The van der Waals surface area contributed by atoms with Crippen LogP contribution in [0.2, 0.25) is 0 Å². The van der Waals surface area contributed by atoms with Gasteiger partial charge in [0.2, 0.25) is 0 Å². The van der Waals surface area contributed by atoms with Gasteiger partial charge in [-0.15, -0.1) is 0 Å². The highest BCUT2D eigenvalue weighted by molar-refractivity contribution is 5.67. The minimum atomic E-state index is -0.678. The molecular weight excluding hydrogens is 236 g/mol. The molecule has 18 heavy (non-hydrogen) atoms. The van der Waals surface area contributed by atoms with Crippen molar-refractivity contribution >= 4 is 11.9 Å². The summed E-state index contributed by atoms with van der Waals surface area (Å²) in [5.74, 6) is -0.868. The molecule has 2 atom stereocenters. The molecule has 0 spiro atoms. The van der Waals surface area contributed by atoms with Gasteiger partial charge in [0.1, 0.15) is 0 Å². The molecule has 96 valence electrons. The number of nitrogens with zero attached hydrogens (tertiary/aromatic N) is 1. The third-order valence-corrected chi connectivity index (χ3v) is 2.61. The molecule has 0 saturated carbocycles. The van der Waals surface area contributed by atoms with Crippen molar-refractivity contribution in [2.24, 2.45) is 0 Å². The van der Waals surface area contributed by atoms with E-state index in [2.05, 4.69) is 10.3 Å². The van der Waals surface area contributed by atoms with Gasteiger partial charge in [0.05, 0.1) is 0 Å². The summed E-state index contributed by atoms with van der Waals surface area (Å²) in [6, 6.07) is 1.84. The van der Waals surface area contributed by atoms with Crippen molar-refractivity contribution in [2.45, 2.75) is 32.7 Å². The lowest BCUT2D eigenvalue weighted by molar-refractivity contribution is -0.170. The first-order valence-electron chi connectivity index (χ1n) is 5.58. The van der Waals surface area contributed by atoms with E-state index < -0.39 is 24.3 Å². The highest BCUT2D eigenvalue weighted by Gasteiger charge is 2.34. The fourth-order valence-corrected chi connectivity index (χ4v) is 1.92. The number of rotatable bonds is 2. The van der Waals surface area contributed by atoms with Gasteiger partial charge in [-0.1, -0.05) is 0 Å². The zero-order chi connectivity index (χ0) is 13.1. The molecule has 0 radical (unpaired) electrons. The van der Waals surface area contributed by atoms with Gasteiger partial charge in [0, 0.05) is 38.3 Å². The van der Waals surface area contributed by atoms with Gasteiger partial charge in [0.15, 0.2) is 12.3 Å². The Labute approximate surface area is 104 Å². The number of hydrogen-bond donors (Lipinski definition) is 1. The van der Waals surface area contributed by atoms with Crippen molar-refractivity contribution in [3.8, 4) is 0 Å². The Kier molecular flexibility index (Phi) is 3.57. The Morgan fingerprint density at radius 2 is 2.06 bits per heavy atom. The van der Waals surface area contributed by atoms with Crippen LogP contribution in [-0.2, 0) is 25.6 Å². The fraction of sp³-hybridized carbons (Fsp3) is 0.417. The summed E-state index contributed by atoms with van der Waals surface area (Å²) >= 11 is 0. The summed E-state index contributed by atoms with van der Waals surface area (Å²) in [5, 5.41) is 3.01. The fourth-order valence-electron chi connectivity index (χ4n) is 1.92. The predicted molar refractivity (Wildman–Crippen MR) is 61.1 cm³/mol. The Morgan fingerprint density at radius 3 is 2.72 bits per heavy atom. The van der Waals surface area contributed by atoms with Crippen molar-refractivity contribution in [3.05, 3.63) is 29.6 Å². The van der Waals surface area contributed by atoms with Crippen molar-refractivity contribution in [1.29, 1.82) is 0 Å². The average Bonchev–Trinajstić information content (AvgIpc) is 2.31. The monoisotopic (exact) mass is 250 g/mol. The second-order valence-electron chi connectivity index (χ2n) is 4.02. The number of ether oxygens (including phenoxy) is 2. The van der Waals surface area contributed by atoms with E-state index in [4.69, 9.17) is 9.47 Å². The molecule has 0 bridgehead atoms. The molecule has 1 aliphatic rings. The molecule has 1 aliphatic heterocycles. The van der Waals surface area contributed by atoms with E-state index in [9.17, 15) is 9.59 Å². The standard InChI is InChI=1S/C12H14N2O4/c1-7(15)17-11-10-6-13-4-3-9(10)5-14-12(11)18-8(2)16/h3-4,6,11-12,14H,5H2,1-2H3. The lowest BCUT2D eigenvalue weighted by Gasteiger charge is -2.32. The van der Waals surface area contributed by atoms with E-state index in [0.717, 1.165) is 11.1 Å². The average molecular weight is 250 g/mol. The number of carbonyl (C=O) groups is 2. The van der Waals surface area contributed by atoms with E-state index in [1.807, 2.05) is 6.07 Å². The molecule has 1 aromatic rings. The summed E-state index contributed by atoms with van der Waals surface area (Å²) in [7, 11) is 0. The molecule has 6 heteroatoms. The Morgan fingerprint density at radius 1 is 1.33 bits per heavy atom. The van der Waals surface area contributed by atoms with Crippen LogP contribution in [0.5, 0.6) is 0 Å². The number of nitrogens with one attached hydrogen (secondary N) is 1. The maximum atomic E-state index is 11.1. The molecule has 2 unspecified atom stereocenters. The topological polar surface area (TPSA) is 77.5 Å². The largest absolute Gasteiger partial charge is 0.452 e. The van der Waals surface area contributed by atoms with Crippen molar-refractivity contribution < 1.29 is 19.1 Å². The highest BCUT2D eigenvalue weighted by atomic mass is 16.6. The normalized spacial score (nSPS) is 21.9. The number of hydrogen-bond acceptors (Lipinski definition) is 6. The molecule has 2 rings (SSSR count). The molecule has 0 aliphatic carbocycles. The van der Waals surface area contributed by atoms with Crippen LogP contribution in [0.25, 0.3) is 0 Å². The molecular formula is C12H14N2O4. The third-order valence-electron chi connectivity index (χ3n) is 2.61. The first-order chi connectivity index (χ1) is 8.58. The third kappa shape index (κ3) is 2.65. The van der Waals surface area contributed by atoms with Crippen LogP contribution in [0.4, 0.5) is 0 Å².